The Morgan fingerprint density at radius 3 is 2.71 bits per heavy atom. The molecule has 0 heterocycles. The molecule has 2 rings (SSSR count). The Morgan fingerprint density at radius 1 is 1.24 bits per heavy atom. The molecule has 0 radical (unpaired) electrons. The van der Waals surface area contributed by atoms with Crippen molar-refractivity contribution in [1.29, 1.82) is 0 Å². The highest BCUT2D eigenvalue weighted by Crippen LogP contribution is 2.23. The van der Waals surface area contributed by atoms with Crippen molar-refractivity contribution in [2.75, 3.05) is 0 Å². The van der Waals surface area contributed by atoms with Gasteiger partial charge in [-0.2, -0.15) is 0 Å². The zero-order valence-corrected chi connectivity index (χ0v) is 9.73. The van der Waals surface area contributed by atoms with Crippen LogP contribution in [0.2, 0.25) is 0 Å². The molecule has 1 saturated carbocycles. The van der Waals surface area contributed by atoms with Crippen LogP contribution in [0.1, 0.15) is 31.2 Å². The minimum Gasteiger partial charge on any atom is -0.380 e. The van der Waals surface area contributed by atoms with Gasteiger partial charge in [-0.1, -0.05) is 36.5 Å². The van der Waals surface area contributed by atoms with Gasteiger partial charge < -0.3 is 5.11 Å². The molecule has 1 aromatic rings. The molecule has 2 nitrogen and oxygen atoms in total. The van der Waals surface area contributed by atoms with Gasteiger partial charge in [0.05, 0.1) is 5.92 Å². The molecule has 1 aliphatic rings. The van der Waals surface area contributed by atoms with Crippen molar-refractivity contribution in [3.8, 4) is 11.8 Å². The zero-order chi connectivity index (χ0) is 12.1. The fourth-order valence-corrected chi connectivity index (χ4v) is 2.12. The summed E-state index contributed by atoms with van der Waals surface area (Å²) in [5.74, 6) is 5.57. The Kier molecular flexibility index (Phi) is 3.95. The van der Waals surface area contributed by atoms with Crippen LogP contribution in [-0.2, 0) is 4.79 Å². The summed E-state index contributed by atoms with van der Waals surface area (Å²) in [6, 6.07) is 9.52. The Hall–Kier alpha value is -1.59. The normalized spacial score (nSPS) is 21.5. The number of ketones is 1. The van der Waals surface area contributed by atoms with Crippen LogP contribution < -0.4 is 0 Å². The summed E-state index contributed by atoms with van der Waals surface area (Å²) in [5, 5.41) is 9.91. The van der Waals surface area contributed by atoms with E-state index >= 15 is 0 Å². The number of aliphatic hydroxyl groups excluding tert-OH is 1. The first-order chi connectivity index (χ1) is 8.27. The van der Waals surface area contributed by atoms with Gasteiger partial charge >= 0.3 is 0 Å². The van der Waals surface area contributed by atoms with Gasteiger partial charge in [-0.3, -0.25) is 4.79 Å². The highest BCUT2D eigenvalue weighted by molar-refractivity contribution is 5.82. The molecule has 0 saturated heterocycles. The first-order valence-corrected chi connectivity index (χ1v) is 6.05. The van der Waals surface area contributed by atoms with E-state index in [4.69, 9.17) is 0 Å². The van der Waals surface area contributed by atoms with Crippen molar-refractivity contribution in [1.82, 2.24) is 0 Å². The average Bonchev–Trinajstić information content (AvgIpc) is 2.38. The molecule has 1 fully saturated rings. The van der Waals surface area contributed by atoms with Crippen molar-refractivity contribution in [2.24, 2.45) is 5.92 Å². The number of hydrogen-bond donors (Lipinski definition) is 1. The molecule has 1 aromatic carbocycles. The van der Waals surface area contributed by atoms with Crippen molar-refractivity contribution in [3.63, 3.8) is 0 Å². The summed E-state index contributed by atoms with van der Waals surface area (Å²) in [7, 11) is 0. The Morgan fingerprint density at radius 2 is 2.00 bits per heavy atom. The molecular formula is C15H16O2. The van der Waals surface area contributed by atoms with E-state index in [0.717, 1.165) is 24.8 Å². The lowest BCUT2D eigenvalue weighted by Crippen LogP contribution is -2.29. The summed E-state index contributed by atoms with van der Waals surface area (Å²) in [4.78, 5) is 11.6. The quantitative estimate of drug-likeness (QED) is 0.748. The molecule has 17 heavy (non-hydrogen) atoms. The van der Waals surface area contributed by atoms with E-state index in [-0.39, 0.29) is 11.7 Å². The number of Topliss-reactive ketones (excluding diaryl/α,β-unsaturated/α-hetero) is 1. The number of carbonyl (C=O) groups is 1. The molecule has 0 spiro atoms. The summed E-state index contributed by atoms with van der Waals surface area (Å²) in [6.45, 7) is 0. The third-order valence-electron chi connectivity index (χ3n) is 3.12. The summed E-state index contributed by atoms with van der Waals surface area (Å²) >= 11 is 0. The van der Waals surface area contributed by atoms with E-state index in [0.29, 0.717) is 6.42 Å². The van der Waals surface area contributed by atoms with Gasteiger partial charge in [-0.05, 0) is 25.0 Å². The first kappa shape index (κ1) is 11.9. The van der Waals surface area contributed by atoms with E-state index in [2.05, 4.69) is 11.8 Å². The van der Waals surface area contributed by atoms with Crippen molar-refractivity contribution in [2.45, 2.75) is 31.8 Å². The SMILES string of the molecule is O=C1CCCC[C@@H]1[C@@H](O)C#Cc1ccccc1. The van der Waals surface area contributed by atoms with Crippen LogP contribution in [0.15, 0.2) is 30.3 Å². The van der Waals surface area contributed by atoms with Gasteiger partial charge in [0.1, 0.15) is 11.9 Å². The minimum absolute atomic E-state index is 0.158. The van der Waals surface area contributed by atoms with Crippen molar-refractivity contribution < 1.29 is 9.90 Å². The van der Waals surface area contributed by atoms with Crippen LogP contribution in [0, 0.1) is 17.8 Å². The molecular weight excluding hydrogens is 212 g/mol. The van der Waals surface area contributed by atoms with Crippen molar-refractivity contribution >= 4 is 5.78 Å². The fraction of sp³-hybridized carbons (Fsp3) is 0.400. The highest BCUT2D eigenvalue weighted by atomic mass is 16.3. The monoisotopic (exact) mass is 228 g/mol. The van der Waals surface area contributed by atoms with Gasteiger partial charge in [-0.15, -0.1) is 0 Å². The van der Waals surface area contributed by atoms with Gasteiger partial charge in [0.15, 0.2) is 0 Å². The van der Waals surface area contributed by atoms with Crippen LogP contribution in [0.5, 0.6) is 0 Å². The number of hydrogen-bond acceptors (Lipinski definition) is 2. The summed E-state index contributed by atoms with van der Waals surface area (Å²) in [5.41, 5.74) is 0.870. The van der Waals surface area contributed by atoms with E-state index in [1.807, 2.05) is 30.3 Å². The van der Waals surface area contributed by atoms with Gasteiger partial charge in [0.25, 0.3) is 0 Å². The molecule has 0 unspecified atom stereocenters. The average molecular weight is 228 g/mol. The van der Waals surface area contributed by atoms with Gasteiger partial charge in [0.2, 0.25) is 0 Å². The second-order valence-corrected chi connectivity index (χ2v) is 4.40. The van der Waals surface area contributed by atoms with Crippen LogP contribution in [0.3, 0.4) is 0 Å². The number of benzene rings is 1. The standard InChI is InChI=1S/C15H16O2/c16-14-9-5-4-8-13(14)15(17)11-10-12-6-2-1-3-7-12/h1-3,6-7,13,15,17H,4-5,8-9H2/t13-,15-/m0/s1. The molecule has 1 N–H and O–H groups in total. The van der Waals surface area contributed by atoms with E-state index in [1.165, 1.54) is 0 Å². The lowest BCUT2D eigenvalue weighted by atomic mass is 9.84. The Balaban J connectivity index is 2.04. The van der Waals surface area contributed by atoms with Gasteiger partial charge in [-0.25, -0.2) is 0 Å². The molecule has 0 amide bonds. The zero-order valence-electron chi connectivity index (χ0n) is 9.73. The predicted molar refractivity (Wildman–Crippen MR) is 66.3 cm³/mol. The lowest BCUT2D eigenvalue weighted by Gasteiger charge is -2.21. The number of carbonyl (C=O) groups excluding carboxylic acids is 1. The second kappa shape index (κ2) is 5.65. The van der Waals surface area contributed by atoms with Gasteiger partial charge in [0, 0.05) is 12.0 Å². The second-order valence-electron chi connectivity index (χ2n) is 4.40. The minimum atomic E-state index is -0.817. The first-order valence-electron chi connectivity index (χ1n) is 6.05. The molecule has 2 heteroatoms. The molecule has 0 aromatic heterocycles. The lowest BCUT2D eigenvalue weighted by molar-refractivity contribution is -0.127. The van der Waals surface area contributed by atoms with Crippen LogP contribution in [-0.4, -0.2) is 17.0 Å². The molecule has 88 valence electrons. The van der Waals surface area contributed by atoms with E-state index in [1.54, 1.807) is 0 Å². The number of aliphatic hydroxyl groups is 1. The topological polar surface area (TPSA) is 37.3 Å². The van der Waals surface area contributed by atoms with E-state index in [9.17, 15) is 9.90 Å². The molecule has 0 bridgehead atoms. The van der Waals surface area contributed by atoms with Crippen LogP contribution >= 0.6 is 0 Å². The third kappa shape index (κ3) is 3.18. The summed E-state index contributed by atoms with van der Waals surface area (Å²) < 4.78 is 0. The molecule has 1 aliphatic carbocycles. The highest BCUT2D eigenvalue weighted by Gasteiger charge is 2.27. The molecule has 2 atom stereocenters. The Labute approximate surface area is 102 Å². The maximum absolute atomic E-state index is 11.6. The third-order valence-corrected chi connectivity index (χ3v) is 3.12. The number of rotatable bonds is 1. The summed E-state index contributed by atoms with van der Waals surface area (Å²) in [6.07, 6.45) is 2.51. The largest absolute Gasteiger partial charge is 0.380 e. The smallest absolute Gasteiger partial charge is 0.139 e. The predicted octanol–water partition coefficient (Wildman–Crippen LogP) is 2.16. The van der Waals surface area contributed by atoms with Crippen LogP contribution in [0.4, 0.5) is 0 Å². The van der Waals surface area contributed by atoms with E-state index < -0.39 is 6.10 Å². The van der Waals surface area contributed by atoms with Crippen molar-refractivity contribution in [3.05, 3.63) is 35.9 Å². The van der Waals surface area contributed by atoms with Crippen LogP contribution in [0.25, 0.3) is 0 Å². The maximum Gasteiger partial charge on any atom is 0.139 e. The maximum atomic E-state index is 11.6. The Bertz CT molecular complexity index is 439. The fourth-order valence-electron chi connectivity index (χ4n) is 2.12. The molecule has 0 aliphatic heterocycles.